The summed E-state index contributed by atoms with van der Waals surface area (Å²) >= 11 is 0. The highest BCUT2D eigenvalue weighted by Crippen LogP contribution is 2.51. The fourth-order valence-electron chi connectivity index (χ4n) is 4.73. The van der Waals surface area contributed by atoms with Crippen LogP contribution < -0.4 is 5.32 Å². The summed E-state index contributed by atoms with van der Waals surface area (Å²) in [7, 11) is 0. The largest absolute Gasteiger partial charge is 0.373 e. The van der Waals surface area contributed by atoms with Crippen LogP contribution in [0.5, 0.6) is 0 Å². The van der Waals surface area contributed by atoms with Crippen molar-refractivity contribution in [2.45, 2.75) is 39.7 Å². The number of rotatable bonds is 1. The summed E-state index contributed by atoms with van der Waals surface area (Å²) in [6.07, 6.45) is 3.32. The summed E-state index contributed by atoms with van der Waals surface area (Å²) in [6, 6.07) is 16.7. The maximum Gasteiger partial charge on any atom is 0.162 e. The molecule has 1 N–H and O–H groups in total. The van der Waals surface area contributed by atoms with Crippen LogP contribution in [0.25, 0.3) is 16.5 Å². The highest BCUT2D eigenvalue weighted by atomic mass is 16.1. The Labute approximate surface area is 165 Å². The molecule has 5 rings (SSSR count). The molecule has 1 aliphatic carbocycles. The Balaban J connectivity index is 1.79. The number of carbonyl (C=O) groups is 1. The lowest BCUT2D eigenvalue weighted by Crippen LogP contribution is -2.33. The summed E-state index contributed by atoms with van der Waals surface area (Å²) in [5, 5.41) is 4.79. The molecule has 0 amide bonds. The number of hydrogen-bond donors (Lipinski definition) is 1. The van der Waals surface area contributed by atoms with Gasteiger partial charge in [-0.3, -0.25) is 9.78 Å². The topological polar surface area (TPSA) is 42.0 Å². The number of aryl methyl sites for hydroxylation is 1. The van der Waals surface area contributed by atoms with Crippen molar-refractivity contribution in [3.63, 3.8) is 0 Å². The van der Waals surface area contributed by atoms with Crippen molar-refractivity contribution >= 4 is 27.9 Å². The zero-order valence-electron chi connectivity index (χ0n) is 16.5. The molecular formula is C25H24N2O. The van der Waals surface area contributed by atoms with Crippen LogP contribution in [0.1, 0.15) is 49.4 Å². The van der Waals surface area contributed by atoms with Crippen LogP contribution in [0, 0.1) is 12.3 Å². The predicted octanol–water partition coefficient (Wildman–Crippen LogP) is 5.85. The minimum absolute atomic E-state index is 0.0350. The smallest absolute Gasteiger partial charge is 0.162 e. The van der Waals surface area contributed by atoms with E-state index in [1.54, 1.807) is 0 Å². The number of carbonyl (C=O) groups excluding carboxylic acids is 1. The Kier molecular flexibility index (Phi) is 3.70. The van der Waals surface area contributed by atoms with Crippen LogP contribution >= 0.6 is 0 Å². The Morgan fingerprint density at radius 3 is 2.61 bits per heavy atom. The molecule has 1 atom stereocenters. The quantitative estimate of drug-likeness (QED) is 0.585. The van der Waals surface area contributed by atoms with Crippen LogP contribution in [-0.4, -0.2) is 10.8 Å². The fourth-order valence-corrected chi connectivity index (χ4v) is 4.73. The first kappa shape index (κ1) is 17.2. The zero-order chi connectivity index (χ0) is 19.5. The van der Waals surface area contributed by atoms with E-state index >= 15 is 0 Å². The summed E-state index contributed by atoms with van der Waals surface area (Å²) in [6.45, 7) is 6.48. The van der Waals surface area contributed by atoms with Gasteiger partial charge in [0.15, 0.2) is 5.78 Å². The molecule has 0 fully saturated rings. The second-order valence-electron chi connectivity index (χ2n) is 8.88. The van der Waals surface area contributed by atoms with Crippen molar-refractivity contribution in [3.05, 3.63) is 77.0 Å². The van der Waals surface area contributed by atoms with Crippen molar-refractivity contribution in [2.75, 3.05) is 5.32 Å². The number of anilines is 1. The number of pyridine rings is 1. The number of aromatic nitrogens is 1. The number of nitrogens with zero attached hydrogens (tertiary/aromatic N) is 1. The second kappa shape index (κ2) is 6.03. The lowest BCUT2D eigenvalue weighted by atomic mass is 9.68. The van der Waals surface area contributed by atoms with E-state index in [1.165, 1.54) is 11.1 Å². The predicted molar refractivity (Wildman–Crippen MR) is 114 cm³/mol. The first-order valence-electron chi connectivity index (χ1n) is 9.90. The maximum atomic E-state index is 13.3. The van der Waals surface area contributed by atoms with Gasteiger partial charge in [-0.1, -0.05) is 49.7 Å². The number of allylic oxidation sites excluding steroid dienone is 1. The lowest BCUT2D eigenvalue weighted by Gasteiger charge is -2.40. The fraction of sp³-hybridized carbons (Fsp3) is 0.280. The molecule has 0 bridgehead atoms. The molecule has 2 heterocycles. The van der Waals surface area contributed by atoms with Gasteiger partial charge < -0.3 is 5.32 Å². The minimum Gasteiger partial charge on any atom is -0.373 e. The molecule has 3 nitrogen and oxygen atoms in total. The van der Waals surface area contributed by atoms with Gasteiger partial charge in [-0.25, -0.2) is 0 Å². The molecule has 28 heavy (non-hydrogen) atoms. The van der Waals surface area contributed by atoms with E-state index in [9.17, 15) is 4.79 Å². The van der Waals surface area contributed by atoms with Gasteiger partial charge in [0.1, 0.15) is 0 Å². The molecule has 3 heteroatoms. The normalized spacial score (nSPS) is 20.5. The molecule has 140 valence electrons. The van der Waals surface area contributed by atoms with Gasteiger partial charge in [-0.05, 0) is 48.1 Å². The van der Waals surface area contributed by atoms with E-state index < -0.39 is 0 Å². The third-order valence-electron chi connectivity index (χ3n) is 6.01. The second-order valence-corrected chi connectivity index (χ2v) is 8.88. The molecule has 0 unspecified atom stereocenters. The van der Waals surface area contributed by atoms with Crippen LogP contribution in [0.3, 0.4) is 0 Å². The van der Waals surface area contributed by atoms with Crippen molar-refractivity contribution in [1.82, 2.24) is 4.98 Å². The van der Waals surface area contributed by atoms with Gasteiger partial charge in [0.25, 0.3) is 0 Å². The van der Waals surface area contributed by atoms with E-state index in [2.05, 4.69) is 73.5 Å². The molecule has 3 aromatic rings. The maximum absolute atomic E-state index is 13.3. The SMILES string of the molecule is Cc1ccc([C@H]2Nc3ccc4ncccc4c3C3=C2C(=O)CC(C)(C)C3)cc1. The van der Waals surface area contributed by atoms with E-state index in [0.29, 0.717) is 6.42 Å². The Bertz CT molecular complexity index is 1140. The van der Waals surface area contributed by atoms with E-state index in [1.807, 2.05) is 12.3 Å². The van der Waals surface area contributed by atoms with Gasteiger partial charge in [-0.15, -0.1) is 0 Å². The molecule has 1 aliphatic heterocycles. The third-order valence-corrected chi connectivity index (χ3v) is 6.01. The average molecular weight is 368 g/mol. The number of hydrogen-bond acceptors (Lipinski definition) is 3. The number of benzene rings is 2. The average Bonchev–Trinajstić information content (AvgIpc) is 2.66. The van der Waals surface area contributed by atoms with Crippen LogP contribution in [0.15, 0.2) is 60.3 Å². The van der Waals surface area contributed by atoms with Gasteiger partial charge in [0, 0.05) is 34.8 Å². The number of ketones is 1. The molecule has 2 aromatic carbocycles. The van der Waals surface area contributed by atoms with Crippen LogP contribution in [-0.2, 0) is 4.79 Å². The molecule has 0 spiro atoms. The van der Waals surface area contributed by atoms with Crippen molar-refractivity contribution < 1.29 is 4.79 Å². The number of Topliss-reactive ketones (excluding diaryl/α,β-unsaturated/α-hetero) is 1. The summed E-state index contributed by atoms with van der Waals surface area (Å²) in [4.78, 5) is 17.9. The van der Waals surface area contributed by atoms with Gasteiger partial charge in [0.2, 0.25) is 0 Å². The van der Waals surface area contributed by atoms with Crippen molar-refractivity contribution in [2.24, 2.45) is 5.41 Å². The van der Waals surface area contributed by atoms with Gasteiger partial charge >= 0.3 is 0 Å². The zero-order valence-corrected chi connectivity index (χ0v) is 16.5. The number of nitrogens with one attached hydrogen (secondary N) is 1. The molecule has 2 aliphatic rings. The first-order chi connectivity index (χ1) is 13.4. The van der Waals surface area contributed by atoms with Crippen molar-refractivity contribution in [3.8, 4) is 0 Å². The van der Waals surface area contributed by atoms with E-state index in [0.717, 1.165) is 39.7 Å². The van der Waals surface area contributed by atoms with Gasteiger partial charge in [-0.2, -0.15) is 0 Å². The first-order valence-corrected chi connectivity index (χ1v) is 9.90. The molecular weight excluding hydrogens is 344 g/mol. The monoisotopic (exact) mass is 368 g/mol. The third kappa shape index (κ3) is 2.65. The Morgan fingerprint density at radius 2 is 1.82 bits per heavy atom. The Morgan fingerprint density at radius 1 is 1.04 bits per heavy atom. The van der Waals surface area contributed by atoms with Crippen LogP contribution in [0.2, 0.25) is 0 Å². The summed E-state index contributed by atoms with van der Waals surface area (Å²) in [5.74, 6) is 0.260. The minimum atomic E-state index is -0.0965. The van der Waals surface area contributed by atoms with Crippen LogP contribution in [0.4, 0.5) is 5.69 Å². The number of fused-ring (bicyclic) bond motifs is 4. The van der Waals surface area contributed by atoms with E-state index in [-0.39, 0.29) is 17.2 Å². The lowest BCUT2D eigenvalue weighted by molar-refractivity contribution is -0.118. The molecule has 0 saturated heterocycles. The molecule has 0 radical (unpaired) electrons. The standard InChI is InChI=1S/C25H24N2O/c1-15-6-8-16(9-7-15)24-23-18(13-25(2,3)14-21(23)28)22-17-5-4-12-26-19(17)10-11-20(22)27-24/h4-12,24,27H,13-14H2,1-3H3/t24-/m1/s1. The van der Waals surface area contributed by atoms with Crippen molar-refractivity contribution in [1.29, 1.82) is 0 Å². The summed E-state index contributed by atoms with van der Waals surface area (Å²) in [5.41, 5.74) is 7.68. The van der Waals surface area contributed by atoms with E-state index in [4.69, 9.17) is 0 Å². The molecule has 1 aromatic heterocycles. The molecule has 0 saturated carbocycles. The Hall–Kier alpha value is -2.94. The summed E-state index contributed by atoms with van der Waals surface area (Å²) < 4.78 is 0. The highest BCUT2D eigenvalue weighted by molar-refractivity contribution is 6.12. The highest BCUT2D eigenvalue weighted by Gasteiger charge is 2.40. The van der Waals surface area contributed by atoms with Gasteiger partial charge in [0.05, 0.1) is 11.6 Å².